The third kappa shape index (κ3) is 3.77. The summed E-state index contributed by atoms with van der Waals surface area (Å²) in [4.78, 5) is 6.41. The monoisotopic (exact) mass is 238 g/mol. The highest BCUT2D eigenvalue weighted by Crippen LogP contribution is 2.22. The maximum absolute atomic E-state index is 9.28. The van der Waals surface area contributed by atoms with Gasteiger partial charge in [0.15, 0.2) is 0 Å². The van der Waals surface area contributed by atoms with E-state index in [-0.39, 0.29) is 19.3 Å². The molecule has 0 radical (unpaired) electrons. The quantitative estimate of drug-likeness (QED) is 0.778. The number of hydrogen-bond acceptors (Lipinski definition) is 4. The molecule has 0 bridgehead atoms. The normalized spacial score (nSPS) is 14.0. The number of pyridine rings is 1. The van der Waals surface area contributed by atoms with E-state index in [0.717, 1.165) is 5.69 Å². The maximum atomic E-state index is 9.28. The van der Waals surface area contributed by atoms with Crippen molar-refractivity contribution in [2.24, 2.45) is 5.41 Å². The van der Waals surface area contributed by atoms with Gasteiger partial charge in [-0.3, -0.25) is 9.88 Å². The van der Waals surface area contributed by atoms with E-state index < -0.39 is 5.41 Å². The van der Waals surface area contributed by atoms with Gasteiger partial charge in [-0.1, -0.05) is 13.0 Å². The zero-order valence-electron chi connectivity index (χ0n) is 10.8. The number of rotatable bonds is 6. The van der Waals surface area contributed by atoms with Gasteiger partial charge in [0.05, 0.1) is 18.9 Å². The molecule has 96 valence electrons. The molecule has 0 amide bonds. The van der Waals surface area contributed by atoms with Crippen molar-refractivity contribution in [2.75, 3.05) is 26.8 Å². The van der Waals surface area contributed by atoms with Crippen molar-refractivity contribution in [3.8, 4) is 0 Å². The zero-order valence-corrected chi connectivity index (χ0v) is 10.8. The predicted octanol–water partition coefficient (Wildman–Crippen LogP) is 1.07. The fourth-order valence-electron chi connectivity index (χ4n) is 1.74. The first kappa shape index (κ1) is 14.1. The Balaban J connectivity index is 2.68. The van der Waals surface area contributed by atoms with E-state index in [1.54, 1.807) is 6.20 Å². The SMILES string of the molecule is C[C@@H](c1ccccn1)N(C)CC(C)(CO)CO. The molecule has 0 aromatic carbocycles. The fourth-order valence-corrected chi connectivity index (χ4v) is 1.74. The Hall–Kier alpha value is -0.970. The number of aliphatic hydroxyl groups excluding tert-OH is 2. The van der Waals surface area contributed by atoms with Gasteiger partial charge >= 0.3 is 0 Å². The summed E-state index contributed by atoms with van der Waals surface area (Å²) in [6.45, 7) is 4.51. The summed E-state index contributed by atoms with van der Waals surface area (Å²) in [5.74, 6) is 0. The highest BCUT2D eigenvalue weighted by Gasteiger charge is 2.26. The molecule has 17 heavy (non-hydrogen) atoms. The molecule has 0 spiro atoms. The van der Waals surface area contributed by atoms with Gasteiger partial charge in [0.25, 0.3) is 0 Å². The molecule has 1 aromatic rings. The van der Waals surface area contributed by atoms with Gasteiger partial charge in [-0.2, -0.15) is 0 Å². The van der Waals surface area contributed by atoms with Crippen molar-refractivity contribution < 1.29 is 10.2 Å². The first-order valence-corrected chi connectivity index (χ1v) is 5.85. The standard InChI is InChI=1S/C13H22N2O2/c1-11(12-6-4-5-7-14-12)15(3)8-13(2,9-16)10-17/h4-7,11,16-17H,8-10H2,1-3H3/t11-/m0/s1. The van der Waals surface area contributed by atoms with Crippen molar-refractivity contribution in [1.82, 2.24) is 9.88 Å². The lowest BCUT2D eigenvalue weighted by atomic mass is 9.92. The Bertz CT molecular complexity index is 325. The summed E-state index contributed by atoms with van der Waals surface area (Å²) in [7, 11) is 1.98. The van der Waals surface area contributed by atoms with Crippen LogP contribution >= 0.6 is 0 Å². The van der Waals surface area contributed by atoms with Crippen LogP contribution in [0.4, 0.5) is 0 Å². The Morgan fingerprint density at radius 2 is 2.00 bits per heavy atom. The summed E-state index contributed by atoms with van der Waals surface area (Å²) in [6.07, 6.45) is 1.77. The van der Waals surface area contributed by atoms with Crippen LogP contribution in [0.15, 0.2) is 24.4 Å². The average molecular weight is 238 g/mol. The van der Waals surface area contributed by atoms with Crippen LogP contribution in [0.1, 0.15) is 25.6 Å². The van der Waals surface area contributed by atoms with E-state index >= 15 is 0 Å². The Morgan fingerprint density at radius 1 is 1.35 bits per heavy atom. The van der Waals surface area contributed by atoms with E-state index in [4.69, 9.17) is 0 Å². The molecule has 2 N–H and O–H groups in total. The number of aromatic nitrogens is 1. The number of hydrogen-bond donors (Lipinski definition) is 2. The van der Waals surface area contributed by atoms with Crippen molar-refractivity contribution in [1.29, 1.82) is 0 Å². The average Bonchev–Trinajstić information content (AvgIpc) is 2.38. The molecule has 0 aliphatic carbocycles. The van der Waals surface area contributed by atoms with Crippen molar-refractivity contribution in [2.45, 2.75) is 19.9 Å². The van der Waals surface area contributed by atoms with Gasteiger partial charge in [-0.15, -0.1) is 0 Å². The second-order valence-corrected chi connectivity index (χ2v) is 4.97. The molecule has 1 aromatic heterocycles. The van der Waals surface area contributed by atoms with Crippen LogP contribution in [0.2, 0.25) is 0 Å². The maximum Gasteiger partial charge on any atom is 0.0572 e. The van der Waals surface area contributed by atoms with Crippen molar-refractivity contribution in [3.63, 3.8) is 0 Å². The Kier molecular flexibility index (Phi) is 5.05. The van der Waals surface area contributed by atoms with Gasteiger partial charge in [-0.05, 0) is 26.1 Å². The van der Waals surface area contributed by atoms with Gasteiger partial charge < -0.3 is 10.2 Å². The first-order chi connectivity index (χ1) is 8.02. The minimum atomic E-state index is -0.474. The highest BCUT2D eigenvalue weighted by atomic mass is 16.3. The number of nitrogens with zero attached hydrogens (tertiary/aromatic N) is 2. The van der Waals surface area contributed by atoms with E-state index in [2.05, 4.69) is 16.8 Å². The summed E-state index contributed by atoms with van der Waals surface area (Å²) in [5, 5.41) is 18.6. The number of aliphatic hydroxyl groups is 2. The fraction of sp³-hybridized carbons (Fsp3) is 0.615. The van der Waals surface area contributed by atoms with Gasteiger partial charge in [-0.25, -0.2) is 0 Å². The molecule has 0 aliphatic rings. The van der Waals surface area contributed by atoms with E-state index in [9.17, 15) is 10.2 Å². The summed E-state index contributed by atoms with van der Waals surface area (Å²) in [6, 6.07) is 6.00. The molecular formula is C13H22N2O2. The van der Waals surface area contributed by atoms with Crippen LogP contribution in [0.5, 0.6) is 0 Å². The van der Waals surface area contributed by atoms with Crippen LogP contribution < -0.4 is 0 Å². The summed E-state index contributed by atoms with van der Waals surface area (Å²) < 4.78 is 0. The molecule has 0 unspecified atom stereocenters. The van der Waals surface area contributed by atoms with Crippen LogP contribution in [0.3, 0.4) is 0 Å². The van der Waals surface area contributed by atoms with Crippen LogP contribution in [-0.2, 0) is 0 Å². The molecule has 4 heteroatoms. The predicted molar refractivity (Wildman–Crippen MR) is 67.6 cm³/mol. The Labute approximate surface area is 103 Å². The largest absolute Gasteiger partial charge is 0.396 e. The first-order valence-electron chi connectivity index (χ1n) is 5.85. The molecule has 1 rings (SSSR count). The molecule has 0 saturated heterocycles. The van der Waals surface area contributed by atoms with Crippen LogP contribution in [-0.4, -0.2) is 46.9 Å². The lowest BCUT2D eigenvalue weighted by Gasteiger charge is -2.33. The highest BCUT2D eigenvalue weighted by molar-refractivity contribution is 5.07. The summed E-state index contributed by atoms with van der Waals surface area (Å²) >= 11 is 0. The van der Waals surface area contributed by atoms with Crippen LogP contribution in [0.25, 0.3) is 0 Å². The third-order valence-electron chi connectivity index (χ3n) is 3.17. The lowest BCUT2D eigenvalue weighted by Crippen LogP contribution is -2.40. The van der Waals surface area contributed by atoms with Crippen molar-refractivity contribution >= 4 is 0 Å². The summed E-state index contributed by atoms with van der Waals surface area (Å²) in [5.41, 5.74) is 0.519. The molecular weight excluding hydrogens is 216 g/mol. The molecule has 0 aliphatic heterocycles. The van der Waals surface area contributed by atoms with E-state index in [1.165, 1.54) is 0 Å². The van der Waals surface area contributed by atoms with Gasteiger partial charge in [0.2, 0.25) is 0 Å². The van der Waals surface area contributed by atoms with Crippen LogP contribution in [0, 0.1) is 5.41 Å². The molecule has 1 heterocycles. The molecule has 4 nitrogen and oxygen atoms in total. The Morgan fingerprint density at radius 3 is 2.47 bits per heavy atom. The van der Waals surface area contributed by atoms with E-state index in [1.807, 2.05) is 32.2 Å². The zero-order chi connectivity index (χ0) is 12.9. The lowest BCUT2D eigenvalue weighted by molar-refractivity contribution is 0.0322. The molecule has 0 fully saturated rings. The minimum Gasteiger partial charge on any atom is -0.396 e. The topological polar surface area (TPSA) is 56.6 Å². The minimum absolute atomic E-state index is 0.0250. The third-order valence-corrected chi connectivity index (χ3v) is 3.17. The second kappa shape index (κ2) is 6.10. The van der Waals surface area contributed by atoms with E-state index in [0.29, 0.717) is 6.54 Å². The smallest absolute Gasteiger partial charge is 0.0572 e. The molecule has 1 atom stereocenters. The van der Waals surface area contributed by atoms with Gasteiger partial charge in [0.1, 0.15) is 0 Å². The molecule has 0 saturated carbocycles. The van der Waals surface area contributed by atoms with Gasteiger partial charge in [0, 0.05) is 24.2 Å². The van der Waals surface area contributed by atoms with Crippen molar-refractivity contribution in [3.05, 3.63) is 30.1 Å². The second-order valence-electron chi connectivity index (χ2n) is 4.97.